The highest BCUT2D eigenvalue weighted by atomic mass is 16.5. The van der Waals surface area contributed by atoms with E-state index in [1.807, 2.05) is 0 Å². The summed E-state index contributed by atoms with van der Waals surface area (Å²) < 4.78 is 5.77. The molecule has 4 N–H and O–H groups in total. The van der Waals surface area contributed by atoms with Gasteiger partial charge in [0.1, 0.15) is 5.56 Å². The number of carbonyl (C=O) groups is 1. The van der Waals surface area contributed by atoms with Gasteiger partial charge in [-0.1, -0.05) is 0 Å². The summed E-state index contributed by atoms with van der Waals surface area (Å²) in [5.74, 6) is -0.347. The van der Waals surface area contributed by atoms with Crippen LogP contribution in [0.15, 0.2) is 23.3 Å². The van der Waals surface area contributed by atoms with Crippen molar-refractivity contribution in [3.63, 3.8) is 0 Å². The van der Waals surface area contributed by atoms with Gasteiger partial charge in [-0.3, -0.25) is 9.59 Å². The third-order valence-corrected chi connectivity index (χ3v) is 3.75. The predicted octanol–water partition coefficient (Wildman–Crippen LogP) is 0.781. The minimum absolute atomic E-state index is 0.139. The number of aromatic nitrogens is 1. The van der Waals surface area contributed by atoms with Crippen LogP contribution < -0.4 is 16.5 Å². The molecule has 1 amide bonds. The molecule has 0 bridgehead atoms. The van der Waals surface area contributed by atoms with Crippen molar-refractivity contribution in [2.75, 3.05) is 13.2 Å². The maximum atomic E-state index is 11.8. The number of pyridine rings is 1. The first-order valence-corrected chi connectivity index (χ1v) is 7.49. The number of amides is 1. The number of rotatable bonds is 6. The minimum Gasteiger partial charge on any atom is -0.378 e. The van der Waals surface area contributed by atoms with Crippen LogP contribution in [0.2, 0.25) is 0 Å². The zero-order valence-electron chi connectivity index (χ0n) is 12.1. The highest BCUT2D eigenvalue weighted by molar-refractivity contribution is 5.93. The van der Waals surface area contributed by atoms with Gasteiger partial charge in [0.2, 0.25) is 0 Å². The number of hydrogen-bond donors (Lipinski definition) is 3. The summed E-state index contributed by atoms with van der Waals surface area (Å²) >= 11 is 0. The Morgan fingerprint density at radius 1 is 1.38 bits per heavy atom. The lowest BCUT2D eigenvalue weighted by Crippen LogP contribution is -2.32. The molecule has 0 unspecified atom stereocenters. The number of aromatic amines is 1. The van der Waals surface area contributed by atoms with Gasteiger partial charge in [0.25, 0.3) is 5.91 Å². The summed E-state index contributed by atoms with van der Waals surface area (Å²) in [6.07, 6.45) is 8.05. The minimum atomic E-state index is -0.347. The molecule has 1 aromatic heterocycles. The van der Waals surface area contributed by atoms with Crippen LogP contribution in [0.5, 0.6) is 0 Å². The topological polar surface area (TPSA) is 97.2 Å². The van der Waals surface area contributed by atoms with Gasteiger partial charge in [-0.15, -0.1) is 0 Å². The SMILES string of the molecule is NC1CCC(OCCCNC(=O)c2c[nH]ccc2=O)CC1. The average molecular weight is 293 g/mol. The van der Waals surface area contributed by atoms with Crippen molar-refractivity contribution in [2.24, 2.45) is 5.73 Å². The van der Waals surface area contributed by atoms with Crippen LogP contribution in [0.1, 0.15) is 42.5 Å². The lowest BCUT2D eigenvalue weighted by Gasteiger charge is -2.26. The fourth-order valence-electron chi connectivity index (χ4n) is 2.47. The second-order valence-corrected chi connectivity index (χ2v) is 5.44. The molecule has 1 heterocycles. The first kappa shape index (κ1) is 15.7. The monoisotopic (exact) mass is 293 g/mol. The lowest BCUT2D eigenvalue weighted by molar-refractivity contribution is 0.0241. The van der Waals surface area contributed by atoms with Crippen LogP contribution in [-0.4, -0.2) is 36.2 Å². The molecule has 0 atom stereocenters. The lowest BCUT2D eigenvalue weighted by atomic mass is 9.94. The number of ether oxygens (including phenoxy) is 1. The highest BCUT2D eigenvalue weighted by Crippen LogP contribution is 2.19. The molecule has 1 fully saturated rings. The Labute approximate surface area is 124 Å². The molecule has 1 aliphatic rings. The molecule has 116 valence electrons. The quantitative estimate of drug-likeness (QED) is 0.675. The standard InChI is InChI=1S/C15H23N3O3/c16-11-2-4-12(5-3-11)21-9-1-7-18-15(20)13-10-17-8-6-14(13)19/h6,8,10-12H,1-5,7,9,16H2,(H,17,19)(H,18,20). The number of carbonyl (C=O) groups excluding carboxylic acids is 1. The fraction of sp³-hybridized carbons (Fsp3) is 0.600. The van der Waals surface area contributed by atoms with E-state index in [1.54, 1.807) is 0 Å². The van der Waals surface area contributed by atoms with Crippen LogP contribution >= 0.6 is 0 Å². The van der Waals surface area contributed by atoms with E-state index in [9.17, 15) is 9.59 Å². The van der Waals surface area contributed by atoms with Crippen molar-refractivity contribution in [2.45, 2.75) is 44.2 Å². The number of H-pyrrole nitrogens is 1. The summed E-state index contributed by atoms with van der Waals surface area (Å²) in [6, 6.07) is 1.67. The molecule has 0 spiro atoms. The third-order valence-electron chi connectivity index (χ3n) is 3.75. The maximum absolute atomic E-state index is 11.8. The molecule has 0 saturated heterocycles. The number of hydrogen-bond acceptors (Lipinski definition) is 4. The Morgan fingerprint density at radius 3 is 2.86 bits per heavy atom. The van der Waals surface area contributed by atoms with E-state index in [4.69, 9.17) is 10.5 Å². The summed E-state index contributed by atoms with van der Waals surface area (Å²) in [7, 11) is 0. The summed E-state index contributed by atoms with van der Waals surface area (Å²) in [5, 5.41) is 2.73. The first-order valence-electron chi connectivity index (χ1n) is 7.49. The highest BCUT2D eigenvalue weighted by Gasteiger charge is 2.18. The first-order chi connectivity index (χ1) is 10.2. The Bertz CT molecular complexity index is 507. The van der Waals surface area contributed by atoms with E-state index in [0.717, 1.165) is 32.1 Å². The zero-order valence-corrected chi connectivity index (χ0v) is 12.1. The van der Waals surface area contributed by atoms with Crippen molar-refractivity contribution < 1.29 is 9.53 Å². The van der Waals surface area contributed by atoms with Gasteiger partial charge in [0.05, 0.1) is 6.10 Å². The van der Waals surface area contributed by atoms with Gasteiger partial charge in [0.15, 0.2) is 5.43 Å². The second kappa shape index (κ2) is 7.95. The molecule has 0 aliphatic heterocycles. The van der Waals surface area contributed by atoms with Gasteiger partial charge in [-0.25, -0.2) is 0 Å². The molecular formula is C15H23N3O3. The van der Waals surface area contributed by atoms with Crippen LogP contribution in [-0.2, 0) is 4.74 Å². The Balaban J connectivity index is 1.61. The van der Waals surface area contributed by atoms with Crippen LogP contribution in [0.25, 0.3) is 0 Å². The molecule has 0 radical (unpaired) electrons. The van der Waals surface area contributed by atoms with Gasteiger partial charge in [-0.2, -0.15) is 0 Å². The van der Waals surface area contributed by atoms with E-state index < -0.39 is 0 Å². The predicted molar refractivity (Wildman–Crippen MR) is 80.2 cm³/mol. The Morgan fingerprint density at radius 2 is 2.14 bits per heavy atom. The van der Waals surface area contributed by atoms with Gasteiger partial charge in [-0.05, 0) is 32.1 Å². The summed E-state index contributed by atoms with van der Waals surface area (Å²) in [4.78, 5) is 26.0. The van der Waals surface area contributed by atoms with E-state index >= 15 is 0 Å². The van der Waals surface area contributed by atoms with Crippen LogP contribution in [0.3, 0.4) is 0 Å². The van der Waals surface area contributed by atoms with Gasteiger partial charge in [0, 0.05) is 37.7 Å². The molecule has 21 heavy (non-hydrogen) atoms. The maximum Gasteiger partial charge on any atom is 0.256 e. The van der Waals surface area contributed by atoms with Crippen LogP contribution in [0.4, 0.5) is 0 Å². The Kier molecular flexibility index (Phi) is 5.95. The number of nitrogens with one attached hydrogen (secondary N) is 2. The van der Waals surface area contributed by atoms with Gasteiger partial charge < -0.3 is 20.8 Å². The molecule has 6 nitrogen and oxygen atoms in total. The van der Waals surface area contributed by atoms with E-state index in [2.05, 4.69) is 10.3 Å². The van der Waals surface area contributed by atoms with Crippen molar-refractivity contribution >= 4 is 5.91 Å². The molecular weight excluding hydrogens is 270 g/mol. The molecule has 1 aliphatic carbocycles. The summed E-state index contributed by atoms with van der Waals surface area (Å²) in [6.45, 7) is 1.12. The van der Waals surface area contributed by atoms with E-state index in [-0.39, 0.29) is 16.9 Å². The van der Waals surface area contributed by atoms with Crippen molar-refractivity contribution in [1.82, 2.24) is 10.3 Å². The molecule has 6 heteroatoms. The van der Waals surface area contributed by atoms with Crippen molar-refractivity contribution in [3.05, 3.63) is 34.2 Å². The zero-order chi connectivity index (χ0) is 15.1. The normalized spacial score (nSPS) is 22.0. The van der Waals surface area contributed by atoms with E-state index in [1.165, 1.54) is 18.5 Å². The Hall–Kier alpha value is -1.66. The molecule has 2 rings (SSSR count). The second-order valence-electron chi connectivity index (χ2n) is 5.44. The van der Waals surface area contributed by atoms with Gasteiger partial charge >= 0.3 is 0 Å². The smallest absolute Gasteiger partial charge is 0.256 e. The van der Waals surface area contributed by atoms with Crippen molar-refractivity contribution in [1.29, 1.82) is 0 Å². The largest absolute Gasteiger partial charge is 0.378 e. The van der Waals surface area contributed by atoms with Crippen LogP contribution in [0, 0.1) is 0 Å². The fourth-order valence-corrected chi connectivity index (χ4v) is 2.47. The average Bonchev–Trinajstić information content (AvgIpc) is 2.49. The molecule has 0 aromatic carbocycles. The van der Waals surface area contributed by atoms with E-state index in [0.29, 0.717) is 25.3 Å². The van der Waals surface area contributed by atoms with Crippen molar-refractivity contribution in [3.8, 4) is 0 Å². The summed E-state index contributed by atoms with van der Waals surface area (Å²) in [5.41, 5.74) is 5.70. The number of nitrogens with two attached hydrogens (primary N) is 1. The molecule has 1 aromatic rings. The third kappa shape index (κ3) is 4.99. The molecule has 1 saturated carbocycles.